The molecule has 0 bridgehead atoms. The van der Waals surface area contributed by atoms with Crippen molar-refractivity contribution < 1.29 is 9.90 Å². The Hall–Kier alpha value is -1.58. The maximum atomic E-state index is 10.6. The number of nitrogens with zero attached hydrogens (tertiary/aromatic N) is 2. The number of hydrogen-bond donors (Lipinski definition) is 1. The molecule has 0 spiro atoms. The minimum absolute atomic E-state index is 0.0537. The molecule has 1 heterocycles. The zero-order chi connectivity index (χ0) is 9.14. The lowest BCUT2D eigenvalue weighted by molar-refractivity contribution is 0.0679. The lowest BCUT2D eigenvalue weighted by Gasteiger charge is -2.02. The van der Waals surface area contributed by atoms with Crippen LogP contribution in [0.2, 0.25) is 0 Å². The quantitative estimate of drug-likeness (QED) is 0.685. The predicted octanol–water partition coefficient (Wildman–Crippen LogP) is 1.16. The van der Waals surface area contributed by atoms with Crippen LogP contribution in [0.4, 0.5) is 0 Å². The van der Waals surface area contributed by atoms with Crippen molar-refractivity contribution in [3.8, 4) is 0 Å². The maximum absolute atomic E-state index is 10.6. The first-order chi connectivity index (χ1) is 5.61. The molecule has 0 saturated heterocycles. The fourth-order valence-corrected chi connectivity index (χ4v) is 0.926. The fraction of sp³-hybridized carbons (Fsp3) is 0.250. The standard InChI is InChI=1S/C8H10N2O2/c1-6(2)5-10-4-3-9-7(10)8(11)12/h3-4H,1,5H2,2H3,(H,11,12). The van der Waals surface area contributed by atoms with Crippen molar-refractivity contribution >= 4 is 5.97 Å². The summed E-state index contributed by atoms with van der Waals surface area (Å²) in [6.45, 7) is 6.03. The van der Waals surface area contributed by atoms with Crippen molar-refractivity contribution in [1.29, 1.82) is 0 Å². The van der Waals surface area contributed by atoms with Crippen LogP contribution in [-0.4, -0.2) is 20.6 Å². The topological polar surface area (TPSA) is 55.1 Å². The summed E-state index contributed by atoms with van der Waals surface area (Å²) in [5, 5.41) is 8.65. The molecular formula is C8H10N2O2. The summed E-state index contributed by atoms with van der Waals surface area (Å²) in [5.41, 5.74) is 0.899. The van der Waals surface area contributed by atoms with Crippen LogP contribution in [0.3, 0.4) is 0 Å². The van der Waals surface area contributed by atoms with Crippen LogP contribution in [0.25, 0.3) is 0 Å². The van der Waals surface area contributed by atoms with Crippen molar-refractivity contribution in [3.63, 3.8) is 0 Å². The van der Waals surface area contributed by atoms with Gasteiger partial charge in [0.2, 0.25) is 5.82 Å². The summed E-state index contributed by atoms with van der Waals surface area (Å²) in [7, 11) is 0. The third-order valence-corrected chi connectivity index (χ3v) is 1.35. The Morgan fingerprint density at radius 1 is 1.83 bits per heavy atom. The van der Waals surface area contributed by atoms with Crippen LogP contribution >= 0.6 is 0 Å². The number of allylic oxidation sites excluding steroid dienone is 1. The van der Waals surface area contributed by atoms with Crippen LogP contribution < -0.4 is 0 Å². The number of carboxylic acid groups (broad SMARTS) is 1. The van der Waals surface area contributed by atoms with Gasteiger partial charge in [-0.25, -0.2) is 9.78 Å². The molecule has 0 saturated carbocycles. The first-order valence-corrected chi connectivity index (χ1v) is 3.50. The van der Waals surface area contributed by atoms with Gasteiger partial charge >= 0.3 is 5.97 Å². The van der Waals surface area contributed by atoms with Gasteiger partial charge in [0.25, 0.3) is 0 Å². The number of aromatic carboxylic acids is 1. The number of hydrogen-bond acceptors (Lipinski definition) is 2. The van der Waals surface area contributed by atoms with E-state index in [4.69, 9.17) is 5.11 Å². The lowest BCUT2D eigenvalue weighted by Crippen LogP contribution is -2.09. The van der Waals surface area contributed by atoms with Gasteiger partial charge in [-0.05, 0) is 6.92 Å². The highest BCUT2D eigenvalue weighted by Crippen LogP contribution is 2.01. The van der Waals surface area contributed by atoms with Gasteiger partial charge in [-0.3, -0.25) is 0 Å². The van der Waals surface area contributed by atoms with Crippen molar-refractivity contribution in [2.45, 2.75) is 13.5 Å². The molecule has 1 aromatic heterocycles. The molecule has 0 aliphatic heterocycles. The van der Waals surface area contributed by atoms with Crippen molar-refractivity contribution in [2.24, 2.45) is 0 Å². The highest BCUT2D eigenvalue weighted by Gasteiger charge is 2.09. The summed E-state index contributed by atoms with van der Waals surface area (Å²) in [5.74, 6) is -0.959. The minimum Gasteiger partial charge on any atom is -0.475 e. The van der Waals surface area contributed by atoms with Crippen LogP contribution in [0.15, 0.2) is 24.5 Å². The van der Waals surface area contributed by atoms with E-state index in [-0.39, 0.29) is 5.82 Å². The molecule has 1 N–H and O–H groups in total. The number of rotatable bonds is 3. The molecule has 1 aromatic rings. The third kappa shape index (κ3) is 1.72. The van der Waals surface area contributed by atoms with E-state index in [9.17, 15) is 4.79 Å². The smallest absolute Gasteiger partial charge is 0.372 e. The Morgan fingerprint density at radius 2 is 2.50 bits per heavy atom. The average Bonchev–Trinajstić information content (AvgIpc) is 2.33. The third-order valence-electron chi connectivity index (χ3n) is 1.35. The van der Waals surface area contributed by atoms with E-state index < -0.39 is 5.97 Å². The van der Waals surface area contributed by atoms with Gasteiger partial charge < -0.3 is 9.67 Å². The highest BCUT2D eigenvalue weighted by atomic mass is 16.4. The van der Waals surface area contributed by atoms with Gasteiger partial charge in [-0.2, -0.15) is 0 Å². The van der Waals surface area contributed by atoms with Crippen LogP contribution in [0.5, 0.6) is 0 Å². The molecule has 0 aromatic carbocycles. The zero-order valence-corrected chi connectivity index (χ0v) is 6.82. The molecule has 1 rings (SSSR count). The Kier molecular flexibility index (Phi) is 2.28. The summed E-state index contributed by atoms with van der Waals surface area (Å²) in [6, 6.07) is 0. The maximum Gasteiger partial charge on any atom is 0.372 e. The largest absolute Gasteiger partial charge is 0.475 e. The summed E-state index contributed by atoms with van der Waals surface area (Å²) in [6.07, 6.45) is 3.09. The summed E-state index contributed by atoms with van der Waals surface area (Å²) < 4.78 is 1.55. The second-order valence-corrected chi connectivity index (χ2v) is 2.64. The highest BCUT2D eigenvalue weighted by molar-refractivity contribution is 5.83. The second kappa shape index (κ2) is 3.21. The van der Waals surface area contributed by atoms with E-state index in [1.807, 2.05) is 6.92 Å². The summed E-state index contributed by atoms with van der Waals surface area (Å²) in [4.78, 5) is 14.2. The monoisotopic (exact) mass is 166 g/mol. The predicted molar refractivity (Wildman–Crippen MR) is 44.0 cm³/mol. The Balaban J connectivity index is 2.91. The molecule has 0 unspecified atom stereocenters. The zero-order valence-electron chi connectivity index (χ0n) is 6.82. The molecule has 0 aliphatic carbocycles. The molecule has 0 fully saturated rings. The van der Waals surface area contributed by atoms with E-state index in [0.29, 0.717) is 6.54 Å². The first-order valence-electron chi connectivity index (χ1n) is 3.50. The van der Waals surface area contributed by atoms with E-state index in [1.54, 1.807) is 10.8 Å². The molecule has 0 atom stereocenters. The van der Waals surface area contributed by atoms with Gasteiger partial charge in [0, 0.05) is 18.9 Å². The summed E-state index contributed by atoms with van der Waals surface area (Å²) >= 11 is 0. The molecule has 64 valence electrons. The van der Waals surface area contributed by atoms with E-state index in [1.165, 1.54) is 6.20 Å². The number of carboxylic acids is 1. The average molecular weight is 166 g/mol. The fourth-order valence-electron chi connectivity index (χ4n) is 0.926. The van der Waals surface area contributed by atoms with Crippen molar-refractivity contribution in [2.75, 3.05) is 0 Å². The Morgan fingerprint density at radius 3 is 3.00 bits per heavy atom. The molecule has 4 heteroatoms. The molecule has 0 radical (unpaired) electrons. The second-order valence-electron chi connectivity index (χ2n) is 2.64. The number of imidazole rings is 1. The van der Waals surface area contributed by atoms with E-state index in [2.05, 4.69) is 11.6 Å². The van der Waals surface area contributed by atoms with Crippen LogP contribution in [0.1, 0.15) is 17.5 Å². The van der Waals surface area contributed by atoms with Crippen molar-refractivity contribution in [1.82, 2.24) is 9.55 Å². The Bertz CT molecular complexity index is 315. The normalized spacial score (nSPS) is 9.75. The first kappa shape index (κ1) is 8.52. The SMILES string of the molecule is C=C(C)Cn1ccnc1C(=O)O. The van der Waals surface area contributed by atoms with Gasteiger partial charge in [0.05, 0.1) is 0 Å². The molecule has 0 amide bonds. The van der Waals surface area contributed by atoms with E-state index >= 15 is 0 Å². The lowest BCUT2D eigenvalue weighted by atomic mass is 10.3. The van der Waals surface area contributed by atoms with Crippen LogP contribution in [-0.2, 0) is 6.54 Å². The van der Waals surface area contributed by atoms with Gasteiger partial charge in [0.1, 0.15) is 0 Å². The van der Waals surface area contributed by atoms with E-state index in [0.717, 1.165) is 5.57 Å². The number of aromatic nitrogens is 2. The minimum atomic E-state index is -1.01. The molecular weight excluding hydrogens is 156 g/mol. The van der Waals surface area contributed by atoms with Crippen molar-refractivity contribution in [3.05, 3.63) is 30.4 Å². The molecule has 12 heavy (non-hydrogen) atoms. The number of carbonyl (C=O) groups is 1. The van der Waals surface area contributed by atoms with Crippen LogP contribution in [0, 0.1) is 0 Å². The van der Waals surface area contributed by atoms with Gasteiger partial charge in [-0.1, -0.05) is 12.2 Å². The molecule has 4 nitrogen and oxygen atoms in total. The van der Waals surface area contributed by atoms with Gasteiger partial charge in [-0.15, -0.1) is 0 Å². The Labute approximate surface area is 70.2 Å². The molecule has 0 aliphatic rings. The van der Waals surface area contributed by atoms with Gasteiger partial charge in [0.15, 0.2) is 0 Å².